The Morgan fingerprint density at radius 3 is 2.61 bits per heavy atom. The van der Waals surface area contributed by atoms with Gasteiger partial charge in [-0.05, 0) is 36.1 Å². The van der Waals surface area contributed by atoms with Crippen LogP contribution in [0.1, 0.15) is 36.2 Å². The molecule has 0 saturated carbocycles. The molecule has 0 spiro atoms. The first-order valence-electron chi connectivity index (χ1n) is 9.62. The number of carbonyl (C=O) groups is 2. The van der Waals surface area contributed by atoms with Gasteiger partial charge in [-0.15, -0.1) is 0 Å². The number of carbonyl (C=O) groups excluding carboxylic acids is 2. The van der Waals surface area contributed by atoms with Gasteiger partial charge in [-0.2, -0.15) is 0 Å². The predicted octanol–water partition coefficient (Wildman–Crippen LogP) is 3.47. The minimum absolute atomic E-state index is 0.0847. The molecular formula is C22H24N2O4. The summed E-state index contributed by atoms with van der Waals surface area (Å²) in [6.07, 6.45) is 0.593. The van der Waals surface area contributed by atoms with E-state index in [1.165, 1.54) is 0 Å². The molecular weight excluding hydrogens is 356 g/mol. The van der Waals surface area contributed by atoms with Gasteiger partial charge in [0.05, 0.1) is 0 Å². The van der Waals surface area contributed by atoms with Gasteiger partial charge < -0.3 is 19.7 Å². The Hall–Kier alpha value is -3.02. The number of rotatable bonds is 5. The monoisotopic (exact) mass is 380 g/mol. The number of nitrogens with one attached hydrogen (secondary N) is 1. The van der Waals surface area contributed by atoms with Crippen molar-refractivity contribution in [3.8, 4) is 11.5 Å². The third kappa shape index (κ3) is 3.54. The Labute approximate surface area is 164 Å². The normalized spacial score (nSPS) is 16.1. The first-order valence-corrected chi connectivity index (χ1v) is 9.62. The molecule has 6 nitrogen and oxygen atoms in total. The van der Waals surface area contributed by atoms with Crippen LogP contribution in [-0.2, 0) is 11.3 Å². The van der Waals surface area contributed by atoms with Crippen molar-refractivity contribution < 1.29 is 19.1 Å². The van der Waals surface area contributed by atoms with Gasteiger partial charge in [0, 0.05) is 23.9 Å². The second-order valence-electron chi connectivity index (χ2n) is 7.58. The smallest absolute Gasteiger partial charge is 0.255 e. The lowest BCUT2D eigenvalue weighted by molar-refractivity contribution is -0.121. The van der Waals surface area contributed by atoms with Crippen molar-refractivity contribution in [3.05, 3.63) is 53.6 Å². The maximum Gasteiger partial charge on any atom is 0.255 e. The zero-order valence-electron chi connectivity index (χ0n) is 16.1. The summed E-state index contributed by atoms with van der Waals surface area (Å²) < 4.78 is 11.1. The summed E-state index contributed by atoms with van der Waals surface area (Å²) in [6, 6.07) is 12.3. The molecule has 0 aliphatic carbocycles. The Kier molecular flexibility index (Phi) is 4.94. The van der Waals surface area contributed by atoms with Crippen LogP contribution in [0.25, 0.3) is 0 Å². The minimum Gasteiger partial charge on any atom is -0.486 e. The van der Waals surface area contributed by atoms with Crippen LogP contribution in [0.2, 0.25) is 0 Å². The molecule has 0 bridgehead atoms. The highest BCUT2D eigenvalue weighted by molar-refractivity contribution is 6.03. The average molecular weight is 380 g/mol. The van der Waals surface area contributed by atoms with Crippen LogP contribution in [0.5, 0.6) is 11.5 Å². The number of hydrogen-bond donors (Lipinski definition) is 1. The van der Waals surface area contributed by atoms with E-state index < -0.39 is 6.04 Å². The summed E-state index contributed by atoms with van der Waals surface area (Å²) in [7, 11) is 0. The van der Waals surface area contributed by atoms with Crippen molar-refractivity contribution in [2.24, 2.45) is 5.92 Å². The van der Waals surface area contributed by atoms with Crippen molar-refractivity contribution in [1.29, 1.82) is 0 Å². The third-order valence-corrected chi connectivity index (χ3v) is 5.03. The van der Waals surface area contributed by atoms with Crippen LogP contribution in [0, 0.1) is 5.92 Å². The number of benzene rings is 2. The van der Waals surface area contributed by atoms with E-state index in [1.54, 1.807) is 23.1 Å². The SMILES string of the molecule is CC(C)C[C@@H](C(=O)Nc1ccc2c(c1)OCCO2)N1Cc2ccccc2C1=O. The van der Waals surface area contributed by atoms with Crippen LogP contribution < -0.4 is 14.8 Å². The maximum absolute atomic E-state index is 13.1. The molecule has 0 unspecified atom stereocenters. The number of anilines is 1. The number of amides is 2. The predicted molar refractivity (Wildman–Crippen MR) is 106 cm³/mol. The topological polar surface area (TPSA) is 67.9 Å². The molecule has 2 aromatic rings. The fourth-order valence-electron chi connectivity index (χ4n) is 3.70. The Morgan fingerprint density at radius 2 is 1.86 bits per heavy atom. The summed E-state index contributed by atoms with van der Waals surface area (Å²) in [5.41, 5.74) is 2.28. The standard InChI is InChI=1S/C22H24N2O4/c1-14(2)11-18(24-13-15-5-3-4-6-17(15)22(24)26)21(25)23-16-7-8-19-20(12-16)28-10-9-27-19/h3-8,12,14,18H,9-11,13H2,1-2H3,(H,23,25)/t18-/m0/s1. The lowest BCUT2D eigenvalue weighted by Gasteiger charge is -2.28. The highest BCUT2D eigenvalue weighted by Crippen LogP contribution is 2.33. The van der Waals surface area contributed by atoms with Crippen molar-refractivity contribution in [1.82, 2.24) is 4.90 Å². The highest BCUT2D eigenvalue weighted by atomic mass is 16.6. The lowest BCUT2D eigenvalue weighted by Crippen LogP contribution is -2.45. The first-order chi connectivity index (χ1) is 13.5. The van der Waals surface area contributed by atoms with Crippen LogP contribution >= 0.6 is 0 Å². The molecule has 146 valence electrons. The Bertz CT molecular complexity index is 909. The number of nitrogens with zero attached hydrogens (tertiary/aromatic N) is 1. The largest absolute Gasteiger partial charge is 0.486 e. The molecule has 0 fully saturated rings. The molecule has 2 aromatic carbocycles. The van der Waals surface area contributed by atoms with Crippen LogP contribution in [0.3, 0.4) is 0 Å². The molecule has 1 atom stereocenters. The zero-order chi connectivity index (χ0) is 19.7. The molecule has 4 rings (SSSR count). The van der Waals surface area contributed by atoms with Gasteiger partial charge in [0.25, 0.3) is 5.91 Å². The van der Waals surface area contributed by atoms with Crippen LogP contribution in [-0.4, -0.2) is 36.0 Å². The lowest BCUT2D eigenvalue weighted by atomic mass is 10.0. The Morgan fingerprint density at radius 1 is 1.11 bits per heavy atom. The molecule has 2 aliphatic heterocycles. The van der Waals surface area contributed by atoms with E-state index in [-0.39, 0.29) is 17.7 Å². The number of ether oxygens (including phenoxy) is 2. The zero-order valence-corrected chi connectivity index (χ0v) is 16.1. The van der Waals surface area contributed by atoms with Crippen molar-refractivity contribution in [2.75, 3.05) is 18.5 Å². The van der Waals surface area contributed by atoms with E-state index in [0.29, 0.717) is 48.9 Å². The fraction of sp³-hybridized carbons (Fsp3) is 0.364. The molecule has 1 N–H and O–H groups in total. The van der Waals surface area contributed by atoms with Gasteiger partial charge in [-0.1, -0.05) is 32.0 Å². The number of fused-ring (bicyclic) bond motifs is 2. The van der Waals surface area contributed by atoms with Crippen LogP contribution in [0.15, 0.2) is 42.5 Å². The summed E-state index contributed by atoms with van der Waals surface area (Å²) in [4.78, 5) is 27.7. The molecule has 2 amide bonds. The summed E-state index contributed by atoms with van der Waals surface area (Å²) in [6.45, 7) is 5.57. The maximum atomic E-state index is 13.1. The van der Waals surface area contributed by atoms with Crippen molar-refractivity contribution in [2.45, 2.75) is 32.9 Å². The highest BCUT2D eigenvalue weighted by Gasteiger charge is 2.36. The van der Waals surface area contributed by atoms with E-state index in [0.717, 1.165) is 5.56 Å². The van der Waals surface area contributed by atoms with Crippen LogP contribution in [0.4, 0.5) is 5.69 Å². The molecule has 2 heterocycles. The van der Waals surface area contributed by atoms with Gasteiger partial charge in [0.15, 0.2) is 11.5 Å². The van der Waals surface area contributed by atoms with Gasteiger partial charge >= 0.3 is 0 Å². The quantitative estimate of drug-likeness (QED) is 0.863. The third-order valence-electron chi connectivity index (χ3n) is 5.03. The summed E-state index contributed by atoms with van der Waals surface area (Å²) >= 11 is 0. The van der Waals surface area contributed by atoms with E-state index in [2.05, 4.69) is 19.2 Å². The van der Waals surface area contributed by atoms with Crippen molar-refractivity contribution >= 4 is 17.5 Å². The van der Waals surface area contributed by atoms with E-state index in [4.69, 9.17) is 9.47 Å². The fourth-order valence-corrected chi connectivity index (χ4v) is 3.70. The first kappa shape index (κ1) is 18.3. The summed E-state index contributed by atoms with van der Waals surface area (Å²) in [5.74, 6) is 1.29. The van der Waals surface area contributed by atoms with Gasteiger partial charge in [-0.25, -0.2) is 0 Å². The second-order valence-corrected chi connectivity index (χ2v) is 7.58. The van der Waals surface area contributed by atoms with Gasteiger partial charge in [0.2, 0.25) is 5.91 Å². The van der Waals surface area contributed by atoms with E-state index in [1.807, 2.05) is 24.3 Å². The van der Waals surface area contributed by atoms with E-state index in [9.17, 15) is 9.59 Å². The minimum atomic E-state index is -0.534. The molecule has 6 heteroatoms. The molecule has 28 heavy (non-hydrogen) atoms. The van der Waals surface area contributed by atoms with Gasteiger partial charge in [-0.3, -0.25) is 9.59 Å². The van der Waals surface area contributed by atoms with Crippen molar-refractivity contribution in [3.63, 3.8) is 0 Å². The molecule has 2 aliphatic rings. The molecule has 0 aromatic heterocycles. The van der Waals surface area contributed by atoms with Gasteiger partial charge in [0.1, 0.15) is 19.3 Å². The number of hydrogen-bond acceptors (Lipinski definition) is 4. The average Bonchev–Trinajstić information content (AvgIpc) is 3.02. The molecule has 0 saturated heterocycles. The van der Waals surface area contributed by atoms with E-state index >= 15 is 0 Å². The molecule has 0 radical (unpaired) electrons. The second kappa shape index (κ2) is 7.54. The summed E-state index contributed by atoms with van der Waals surface area (Å²) in [5, 5.41) is 2.95. The Balaban J connectivity index is 1.55.